The Kier molecular flexibility index (Phi) is 7.51. The normalized spacial score (nSPS) is 47.8. The number of esters is 1. The predicted octanol–water partition coefficient (Wildman–Crippen LogP) is 5.10. The lowest BCUT2D eigenvalue weighted by molar-refractivity contribution is -0.264. The van der Waals surface area contributed by atoms with Gasteiger partial charge in [0.1, 0.15) is 0 Å². The third kappa shape index (κ3) is 4.36. The molecule has 11 atom stereocenters. The quantitative estimate of drug-likeness (QED) is 0.443. The summed E-state index contributed by atoms with van der Waals surface area (Å²) in [6, 6.07) is 0. The molecule has 0 aromatic heterocycles. The summed E-state index contributed by atoms with van der Waals surface area (Å²) in [4.78, 5) is 11.1. The fourth-order valence-corrected chi connectivity index (χ4v) is 9.57. The van der Waals surface area contributed by atoms with Crippen LogP contribution in [0.2, 0.25) is 0 Å². The van der Waals surface area contributed by atoms with E-state index < -0.39 is 17.8 Å². The summed E-state index contributed by atoms with van der Waals surface area (Å²) in [5, 5.41) is 33.2. The minimum atomic E-state index is -1.15. The molecule has 0 spiro atoms. The molecule has 0 aromatic rings. The standard InChI is InChI=1S/C29H50O5/c1-18(17-34-20(3)30)7-6-8-19(2)23-9-10-24-22-15-26(32)29(33)16-21(31)11-14-28(29,5)25(22)12-13-27(23,24)4/h18-19,21-26,31-33H,6-17H2,1-5H3/t18?,19?,21-,22?,23+,24?,25?,26+,27+,28+,29?/m0/s1. The molecule has 4 aliphatic rings. The molecule has 4 rings (SSSR count). The van der Waals surface area contributed by atoms with Crippen LogP contribution in [0.4, 0.5) is 0 Å². The van der Waals surface area contributed by atoms with E-state index in [0.717, 1.165) is 31.6 Å². The van der Waals surface area contributed by atoms with E-state index in [4.69, 9.17) is 4.74 Å². The summed E-state index contributed by atoms with van der Waals surface area (Å²) in [5.41, 5.74) is -1.12. The number of ether oxygens (including phenoxy) is 1. The van der Waals surface area contributed by atoms with Crippen LogP contribution in [-0.4, -0.2) is 45.7 Å². The molecule has 34 heavy (non-hydrogen) atoms. The Bertz CT molecular complexity index is 740. The molecule has 0 amide bonds. The SMILES string of the molecule is CC(=O)OCC(C)CCCC(C)[C@H]1CCC2C3C[C@@H](O)C4(O)C[C@@H](O)CC[C@]4(C)C3CC[C@@]21C. The average Bonchev–Trinajstić information content (AvgIpc) is 3.12. The topological polar surface area (TPSA) is 87.0 Å². The maximum atomic E-state index is 11.6. The summed E-state index contributed by atoms with van der Waals surface area (Å²) < 4.78 is 5.17. The van der Waals surface area contributed by atoms with Crippen molar-refractivity contribution in [1.82, 2.24) is 0 Å². The molecule has 5 heteroatoms. The van der Waals surface area contributed by atoms with Crippen molar-refractivity contribution in [2.24, 2.45) is 46.3 Å². The smallest absolute Gasteiger partial charge is 0.302 e. The zero-order chi connectivity index (χ0) is 24.9. The summed E-state index contributed by atoms with van der Waals surface area (Å²) in [5.74, 6) is 3.18. The molecule has 4 fully saturated rings. The second-order valence-corrected chi connectivity index (χ2v) is 13.4. The average molecular weight is 479 g/mol. The van der Waals surface area contributed by atoms with Gasteiger partial charge in [-0.15, -0.1) is 0 Å². The highest BCUT2D eigenvalue weighted by molar-refractivity contribution is 5.65. The molecule has 4 saturated carbocycles. The van der Waals surface area contributed by atoms with Crippen molar-refractivity contribution in [3.05, 3.63) is 0 Å². The molecular weight excluding hydrogens is 428 g/mol. The lowest BCUT2D eigenvalue weighted by atomic mass is 9.42. The zero-order valence-electron chi connectivity index (χ0n) is 22.3. The van der Waals surface area contributed by atoms with E-state index in [0.29, 0.717) is 54.5 Å². The van der Waals surface area contributed by atoms with Crippen molar-refractivity contribution >= 4 is 5.97 Å². The van der Waals surface area contributed by atoms with Crippen molar-refractivity contribution in [2.45, 2.75) is 123 Å². The van der Waals surface area contributed by atoms with E-state index in [2.05, 4.69) is 27.7 Å². The monoisotopic (exact) mass is 478 g/mol. The zero-order valence-corrected chi connectivity index (χ0v) is 22.3. The third-order valence-electron chi connectivity index (χ3n) is 11.5. The summed E-state index contributed by atoms with van der Waals surface area (Å²) in [7, 11) is 0. The van der Waals surface area contributed by atoms with Gasteiger partial charge in [0.25, 0.3) is 0 Å². The van der Waals surface area contributed by atoms with Crippen molar-refractivity contribution in [2.75, 3.05) is 6.61 Å². The van der Waals surface area contributed by atoms with Crippen LogP contribution in [0.5, 0.6) is 0 Å². The number of carbonyl (C=O) groups is 1. The minimum absolute atomic E-state index is 0.190. The summed E-state index contributed by atoms with van der Waals surface area (Å²) in [6.07, 6.45) is 9.76. The second-order valence-electron chi connectivity index (χ2n) is 13.4. The lowest BCUT2D eigenvalue weighted by Crippen LogP contribution is -2.68. The van der Waals surface area contributed by atoms with Crippen molar-refractivity contribution in [3.8, 4) is 0 Å². The van der Waals surface area contributed by atoms with Crippen molar-refractivity contribution in [1.29, 1.82) is 0 Å². The molecular formula is C29H50O5. The van der Waals surface area contributed by atoms with E-state index in [9.17, 15) is 20.1 Å². The maximum Gasteiger partial charge on any atom is 0.302 e. The van der Waals surface area contributed by atoms with Crippen LogP contribution in [0.25, 0.3) is 0 Å². The van der Waals surface area contributed by atoms with Gasteiger partial charge in [-0.1, -0.05) is 40.5 Å². The molecule has 196 valence electrons. The molecule has 0 radical (unpaired) electrons. The third-order valence-corrected chi connectivity index (χ3v) is 11.5. The maximum absolute atomic E-state index is 11.6. The van der Waals surface area contributed by atoms with Crippen molar-refractivity contribution < 1.29 is 24.9 Å². The first-order valence-electron chi connectivity index (χ1n) is 14.1. The van der Waals surface area contributed by atoms with Gasteiger partial charge in [0.15, 0.2) is 0 Å². The van der Waals surface area contributed by atoms with Crippen LogP contribution < -0.4 is 0 Å². The number of hydrogen-bond donors (Lipinski definition) is 3. The van der Waals surface area contributed by atoms with Gasteiger partial charge in [-0.3, -0.25) is 4.79 Å². The Morgan fingerprint density at radius 2 is 1.76 bits per heavy atom. The van der Waals surface area contributed by atoms with Crippen LogP contribution in [0.1, 0.15) is 105 Å². The number of aliphatic hydroxyl groups excluding tert-OH is 2. The van der Waals surface area contributed by atoms with Crippen LogP contribution >= 0.6 is 0 Å². The molecule has 0 bridgehead atoms. The van der Waals surface area contributed by atoms with Gasteiger partial charge in [0, 0.05) is 18.8 Å². The fourth-order valence-electron chi connectivity index (χ4n) is 9.57. The second kappa shape index (κ2) is 9.67. The van der Waals surface area contributed by atoms with Crippen LogP contribution in [-0.2, 0) is 9.53 Å². The number of rotatable bonds is 7. The summed E-state index contributed by atoms with van der Waals surface area (Å²) in [6.45, 7) is 11.4. The van der Waals surface area contributed by atoms with Crippen molar-refractivity contribution in [3.63, 3.8) is 0 Å². The van der Waals surface area contributed by atoms with Gasteiger partial charge in [-0.25, -0.2) is 0 Å². The first-order valence-corrected chi connectivity index (χ1v) is 14.1. The van der Waals surface area contributed by atoms with Gasteiger partial charge < -0.3 is 20.1 Å². The van der Waals surface area contributed by atoms with E-state index in [1.54, 1.807) is 0 Å². The number of fused-ring (bicyclic) bond motifs is 5. The summed E-state index contributed by atoms with van der Waals surface area (Å²) >= 11 is 0. The largest absolute Gasteiger partial charge is 0.466 e. The lowest BCUT2D eigenvalue weighted by Gasteiger charge is -2.65. The molecule has 0 aromatic carbocycles. The molecule has 5 nitrogen and oxygen atoms in total. The Balaban J connectivity index is 1.41. The first-order chi connectivity index (χ1) is 15.9. The Hall–Kier alpha value is -0.650. The van der Waals surface area contributed by atoms with Gasteiger partial charge >= 0.3 is 5.97 Å². The Morgan fingerprint density at radius 1 is 1.03 bits per heavy atom. The fraction of sp³-hybridized carbons (Fsp3) is 0.966. The minimum Gasteiger partial charge on any atom is -0.466 e. The van der Waals surface area contributed by atoms with E-state index in [1.165, 1.54) is 39.0 Å². The number of hydrogen-bond acceptors (Lipinski definition) is 5. The molecule has 0 saturated heterocycles. The number of carbonyl (C=O) groups excluding carboxylic acids is 1. The van der Waals surface area contributed by atoms with Gasteiger partial charge in [0.2, 0.25) is 0 Å². The number of aliphatic hydroxyl groups is 3. The highest BCUT2D eigenvalue weighted by atomic mass is 16.5. The highest BCUT2D eigenvalue weighted by Crippen LogP contribution is 2.69. The van der Waals surface area contributed by atoms with Gasteiger partial charge in [-0.2, -0.15) is 0 Å². The van der Waals surface area contributed by atoms with Crippen LogP contribution in [0.15, 0.2) is 0 Å². The molecule has 4 aliphatic carbocycles. The van der Waals surface area contributed by atoms with E-state index in [1.807, 2.05) is 0 Å². The molecule has 6 unspecified atom stereocenters. The van der Waals surface area contributed by atoms with Gasteiger partial charge in [0.05, 0.1) is 24.4 Å². The highest BCUT2D eigenvalue weighted by Gasteiger charge is 2.67. The molecule has 0 heterocycles. The van der Waals surface area contributed by atoms with Crippen LogP contribution in [0.3, 0.4) is 0 Å². The van der Waals surface area contributed by atoms with Crippen LogP contribution in [0, 0.1) is 46.3 Å². The molecule has 0 aliphatic heterocycles. The Labute approximate surface area is 207 Å². The van der Waals surface area contributed by atoms with E-state index >= 15 is 0 Å². The molecule has 3 N–H and O–H groups in total. The van der Waals surface area contributed by atoms with E-state index in [-0.39, 0.29) is 11.4 Å². The Morgan fingerprint density at radius 3 is 2.47 bits per heavy atom. The van der Waals surface area contributed by atoms with Gasteiger partial charge in [-0.05, 0) is 92.3 Å². The first kappa shape index (κ1) is 26.4. The predicted molar refractivity (Wildman–Crippen MR) is 133 cm³/mol.